The largest absolute Gasteiger partial charge is 0.496 e. The Hall–Kier alpha value is -6.88. The van der Waals surface area contributed by atoms with E-state index >= 15 is 0 Å². The number of esters is 3. The lowest BCUT2D eigenvalue weighted by Crippen LogP contribution is -2.53. The van der Waals surface area contributed by atoms with E-state index in [1.165, 1.54) is 59.4 Å². The van der Waals surface area contributed by atoms with Crippen LogP contribution in [-0.2, 0) is 70.1 Å². The smallest absolute Gasteiger partial charge is 0.328 e. The summed E-state index contributed by atoms with van der Waals surface area (Å²) in [5, 5.41) is 17.6. The molecule has 5 N–H and O–H groups in total. The van der Waals surface area contributed by atoms with E-state index in [1.54, 1.807) is 44.2 Å². The number of carbonyl (C=O) groups excluding carboxylic acids is 9. The molecular formula is C66H94ClN5O17. The number of unbranched alkanes of at least 4 members (excludes halogenated alkanes) is 2. The second kappa shape index (κ2) is 33.3. The van der Waals surface area contributed by atoms with Gasteiger partial charge in [-0.05, 0) is 113 Å². The van der Waals surface area contributed by atoms with Crippen molar-refractivity contribution in [2.45, 2.75) is 193 Å². The fourth-order valence-electron chi connectivity index (χ4n) is 11.6. The van der Waals surface area contributed by atoms with Crippen molar-refractivity contribution in [2.75, 3.05) is 53.5 Å². The average molecular weight is 1260 g/mol. The molecule has 4 bridgehead atoms. The molecule has 3 aliphatic heterocycles. The molecule has 3 heterocycles. The van der Waals surface area contributed by atoms with Crippen molar-refractivity contribution in [1.82, 2.24) is 15.5 Å². The molecule has 0 saturated carbocycles. The number of hydrogen-bond acceptors (Lipinski definition) is 17. The van der Waals surface area contributed by atoms with E-state index in [1.807, 2.05) is 40.7 Å². The predicted molar refractivity (Wildman–Crippen MR) is 333 cm³/mol. The van der Waals surface area contributed by atoms with Gasteiger partial charge in [-0.2, -0.15) is 0 Å². The van der Waals surface area contributed by atoms with E-state index in [2.05, 4.69) is 10.6 Å². The van der Waals surface area contributed by atoms with Crippen LogP contribution in [0.1, 0.15) is 154 Å². The zero-order valence-corrected chi connectivity index (χ0v) is 54.8. The van der Waals surface area contributed by atoms with Crippen molar-refractivity contribution in [3.63, 3.8) is 0 Å². The minimum absolute atomic E-state index is 0.0214. The number of primary amides is 1. The van der Waals surface area contributed by atoms with Gasteiger partial charge in [0.1, 0.15) is 57.9 Å². The van der Waals surface area contributed by atoms with Crippen LogP contribution in [0.4, 0.5) is 10.5 Å². The molecule has 2 aromatic carbocycles. The summed E-state index contributed by atoms with van der Waals surface area (Å²) < 4.78 is 41.0. The maximum atomic E-state index is 14.6. The molecule has 492 valence electrons. The predicted octanol–water partition coefficient (Wildman–Crippen LogP) is 7.90. The molecule has 10 atom stereocenters. The Balaban J connectivity index is 1.33. The number of rotatable bonds is 28. The van der Waals surface area contributed by atoms with Gasteiger partial charge in [0.05, 0.1) is 63.0 Å². The van der Waals surface area contributed by atoms with Gasteiger partial charge in [0, 0.05) is 65.3 Å². The van der Waals surface area contributed by atoms with Gasteiger partial charge in [0.2, 0.25) is 11.8 Å². The highest BCUT2D eigenvalue weighted by Gasteiger charge is 2.64. The lowest BCUT2D eigenvalue weighted by atomic mass is 9.78. The number of aliphatic hydroxyl groups is 1. The maximum Gasteiger partial charge on any atom is 0.328 e. The number of nitrogens with two attached hydrogens (primary N) is 1. The SMILES string of the molecule is CCC(CC)C(=O)OCCCCCC(=O)C[C@H](C(=O)N[C@@H](CCCNC(N)=O)C(=O)Cc1ccc(C(=O)N(C)[C@@H](C)C(=O)O[C@H]2CC(=O)N(C)c3cc(cc(OC)c3Cl)C/C(C)=C/C=C/[C@@H](OC)[C@]3(O)CC(=O)O[C@@H](C3)[C@@H](C)[C@@H]3O[C@@]23C)c(OC)c1)C(C)C. The zero-order valence-electron chi connectivity index (χ0n) is 54.0. The number of nitrogens with zero attached hydrogens (tertiary/aromatic N) is 2. The molecule has 3 aliphatic rings. The lowest BCUT2D eigenvalue weighted by molar-refractivity contribution is -0.187. The van der Waals surface area contributed by atoms with Crippen LogP contribution in [0.3, 0.4) is 0 Å². The van der Waals surface area contributed by atoms with Crippen molar-refractivity contribution in [1.29, 1.82) is 0 Å². The maximum absolute atomic E-state index is 14.6. The highest BCUT2D eigenvalue weighted by molar-refractivity contribution is 6.35. The number of ether oxygens (including phenoxy) is 7. The van der Waals surface area contributed by atoms with Crippen molar-refractivity contribution in [3.05, 3.63) is 75.8 Å². The van der Waals surface area contributed by atoms with Crippen LogP contribution in [0.2, 0.25) is 5.02 Å². The number of Topliss-reactive ketones (excluding diaryl/α,β-unsaturated/α-hetero) is 2. The molecular weight excluding hydrogens is 1170 g/mol. The number of epoxide rings is 1. The normalized spacial score (nSPS) is 23.9. The fraction of sp³-hybridized carbons (Fsp3) is 0.621. The topological polar surface area (TPSA) is 298 Å². The van der Waals surface area contributed by atoms with Crippen LogP contribution in [-0.4, -0.2) is 160 Å². The molecule has 5 amide bonds. The number of ketones is 2. The summed E-state index contributed by atoms with van der Waals surface area (Å²) in [4.78, 5) is 124. The number of hydrogen-bond donors (Lipinski definition) is 4. The summed E-state index contributed by atoms with van der Waals surface area (Å²) in [7, 11) is 7.17. The lowest BCUT2D eigenvalue weighted by Gasteiger charge is -2.41. The summed E-state index contributed by atoms with van der Waals surface area (Å²) in [5.41, 5.74) is 4.69. The second-order valence-electron chi connectivity index (χ2n) is 24.4. The molecule has 2 saturated heterocycles. The quantitative estimate of drug-likeness (QED) is 0.0272. The van der Waals surface area contributed by atoms with Crippen LogP contribution in [0, 0.1) is 23.7 Å². The first-order valence-electron chi connectivity index (χ1n) is 30.8. The van der Waals surface area contributed by atoms with E-state index in [0.717, 1.165) is 16.0 Å². The molecule has 2 aromatic rings. The Morgan fingerprint density at radius 3 is 2.29 bits per heavy atom. The highest BCUT2D eigenvalue weighted by Crippen LogP contribution is 2.50. The number of benzene rings is 2. The molecule has 0 unspecified atom stereocenters. The fourth-order valence-corrected chi connectivity index (χ4v) is 11.9. The van der Waals surface area contributed by atoms with Gasteiger partial charge in [-0.3, -0.25) is 33.6 Å². The van der Waals surface area contributed by atoms with Crippen molar-refractivity contribution in [2.24, 2.45) is 29.4 Å². The Morgan fingerprint density at radius 2 is 1.65 bits per heavy atom. The molecule has 0 spiro atoms. The standard InChI is InChI=1S/C66H94ClN5O17/c1-14-44(15-2)63(80)86-28-18-16-17-22-45(73)34-47(38(3)4)60(77)70-48(23-20-27-69-64(68)81)50(74)31-42-25-26-46(51(32-42)83-11)61(78)71(9)41(7)62(79)88-55-35-56(75)72(10)49-30-43(33-52(84-12)58(49)67)29-39(5)21-19-24-54(85-13)66(82)36-53(87-57(76)37-66)40(6)59-65(55,8)89-59/h19,21,24-26,30,32-33,38,40-41,44,47-48,53-55,59,82H,14-18,20,22-23,27-29,31,34-37H2,1-13H3,(H,70,77)(H3,68,69,81)/b24-19+,39-21+/t40-,41+,47+,48+,53+,54-,55+,59+,65+,66-/m1/s1. The second-order valence-corrected chi connectivity index (χ2v) is 24.8. The number of urea groups is 1. The van der Waals surface area contributed by atoms with Gasteiger partial charge in [-0.1, -0.05) is 76.1 Å². The third-order valence-electron chi connectivity index (χ3n) is 17.5. The summed E-state index contributed by atoms with van der Waals surface area (Å²) in [6, 6.07) is 4.97. The van der Waals surface area contributed by atoms with Crippen molar-refractivity contribution in [3.8, 4) is 11.5 Å². The number of methoxy groups -OCH3 is 3. The molecule has 22 nitrogen and oxygen atoms in total. The summed E-state index contributed by atoms with van der Waals surface area (Å²) in [5.74, 6) is -5.27. The molecule has 89 heavy (non-hydrogen) atoms. The monoisotopic (exact) mass is 1260 g/mol. The Labute approximate surface area is 528 Å². The third-order valence-corrected chi connectivity index (χ3v) is 17.9. The van der Waals surface area contributed by atoms with Gasteiger partial charge >= 0.3 is 23.9 Å². The van der Waals surface area contributed by atoms with Crippen LogP contribution in [0.5, 0.6) is 11.5 Å². The molecule has 0 radical (unpaired) electrons. The molecule has 0 aliphatic carbocycles. The Morgan fingerprint density at radius 1 is 0.955 bits per heavy atom. The van der Waals surface area contributed by atoms with Gasteiger partial charge in [0.25, 0.3) is 5.91 Å². The average Bonchev–Trinajstić information content (AvgIpc) is 1.78. The molecule has 0 aromatic heterocycles. The number of carbonyl (C=O) groups is 9. The summed E-state index contributed by atoms with van der Waals surface area (Å²) in [6.07, 6.45) is 4.68. The molecule has 2 fully saturated rings. The van der Waals surface area contributed by atoms with E-state index in [-0.39, 0.29) is 98.0 Å². The van der Waals surface area contributed by atoms with Crippen molar-refractivity contribution >= 4 is 70.5 Å². The van der Waals surface area contributed by atoms with E-state index in [0.29, 0.717) is 55.5 Å². The third kappa shape index (κ3) is 19.6. The van der Waals surface area contributed by atoms with Gasteiger partial charge in [-0.25, -0.2) is 9.59 Å². The van der Waals surface area contributed by atoms with Crippen LogP contribution in [0.15, 0.2) is 54.1 Å². The first-order valence-corrected chi connectivity index (χ1v) is 31.2. The number of anilines is 1. The first kappa shape index (κ1) is 72.9. The molecule has 23 heteroatoms. The number of allylic oxidation sites excluding steroid dienone is 3. The Kier molecular flexibility index (Phi) is 27.2. The minimum Gasteiger partial charge on any atom is -0.496 e. The summed E-state index contributed by atoms with van der Waals surface area (Å²) in [6.45, 7) is 14.8. The van der Waals surface area contributed by atoms with E-state index in [4.69, 9.17) is 50.5 Å². The summed E-state index contributed by atoms with van der Waals surface area (Å²) >= 11 is 6.87. The minimum atomic E-state index is -1.67. The Bertz CT molecular complexity index is 2930. The van der Waals surface area contributed by atoms with Crippen LogP contribution >= 0.6 is 11.6 Å². The first-order chi connectivity index (χ1) is 42.1. The number of nitrogens with one attached hydrogen (secondary N) is 2. The number of fused-ring (bicyclic) bond motifs is 5. The van der Waals surface area contributed by atoms with E-state index < -0.39 is 107 Å². The van der Waals surface area contributed by atoms with E-state index in [9.17, 15) is 48.3 Å². The van der Waals surface area contributed by atoms with Gasteiger partial charge in [0.15, 0.2) is 5.78 Å². The highest BCUT2D eigenvalue weighted by atomic mass is 35.5. The van der Waals surface area contributed by atoms with Crippen molar-refractivity contribution < 1.29 is 81.4 Å². The molecule has 5 rings (SSSR count). The number of amides is 5. The van der Waals surface area contributed by atoms with Crippen LogP contribution < -0.4 is 30.7 Å². The van der Waals surface area contributed by atoms with Gasteiger partial charge < -0.3 is 64.4 Å². The number of likely N-dealkylation sites (N-methyl/N-ethyl adjacent to an activating group) is 1. The number of halogens is 1. The zero-order chi connectivity index (χ0) is 66.1. The van der Waals surface area contributed by atoms with Crippen LogP contribution in [0.25, 0.3) is 0 Å². The van der Waals surface area contributed by atoms with Gasteiger partial charge in [-0.15, -0.1) is 0 Å².